The molecular formula is C10H15NO4S. The zero-order valence-electron chi connectivity index (χ0n) is 9.01. The first-order valence-corrected chi connectivity index (χ1v) is 6.33. The Kier molecular flexibility index (Phi) is 4.72. The minimum atomic E-state index is -3.56. The Morgan fingerprint density at radius 1 is 1.38 bits per heavy atom. The van der Waals surface area contributed by atoms with Gasteiger partial charge in [-0.2, -0.15) is 0 Å². The Balaban J connectivity index is 2.89. The molecule has 0 spiro atoms. The van der Waals surface area contributed by atoms with Gasteiger partial charge in [-0.15, -0.1) is 0 Å². The molecule has 16 heavy (non-hydrogen) atoms. The van der Waals surface area contributed by atoms with Crippen LogP contribution in [0.4, 0.5) is 0 Å². The summed E-state index contributed by atoms with van der Waals surface area (Å²) in [4.78, 5) is 0.107. The fourth-order valence-corrected chi connectivity index (χ4v) is 2.45. The molecule has 0 atom stereocenters. The zero-order valence-corrected chi connectivity index (χ0v) is 9.83. The lowest BCUT2D eigenvalue weighted by molar-refractivity contribution is 0.289. The summed E-state index contributed by atoms with van der Waals surface area (Å²) in [6, 6.07) is 6.38. The number of aliphatic hydroxyl groups excluding tert-OH is 1. The molecule has 5 nitrogen and oxygen atoms in total. The molecule has 0 radical (unpaired) electrons. The van der Waals surface area contributed by atoms with Crippen LogP contribution in [0.5, 0.6) is 5.75 Å². The van der Waals surface area contributed by atoms with Crippen LogP contribution in [-0.2, 0) is 10.0 Å². The van der Waals surface area contributed by atoms with Crippen molar-refractivity contribution in [2.75, 3.05) is 20.3 Å². The third kappa shape index (κ3) is 3.19. The van der Waals surface area contributed by atoms with Gasteiger partial charge in [-0.1, -0.05) is 12.1 Å². The van der Waals surface area contributed by atoms with Crippen molar-refractivity contribution in [1.82, 2.24) is 4.72 Å². The molecule has 1 rings (SSSR count). The molecular weight excluding hydrogens is 230 g/mol. The number of nitrogens with one attached hydrogen (secondary N) is 1. The lowest BCUT2D eigenvalue weighted by Crippen LogP contribution is -2.25. The second-order valence-corrected chi connectivity index (χ2v) is 4.86. The van der Waals surface area contributed by atoms with Gasteiger partial charge < -0.3 is 9.84 Å². The molecule has 0 fully saturated rings. The second-order valence-electron chi connectivity index (χ2n) is 3.13. The number of ether oxygens (including phenoxy) is 1. The van der Waals surface area contributed by atoms with Crippen molar-refractivity contribution >= 4 is 10.0 Å². The second kappa shape index (κ2) is 5.83. The number of hydrogen-bond donors (Lipinski definition) is 2. The Morgan fingerprint density at radius 3 is 2.69 bits per heavy atom. The third-order valence-electron chi connectivity index (χ3n) is 1.99. The molecule has 0 amide bonds. The van der Waals surface area contributed by atoms with Crippen LogP contribution >= 0.6 is 0 Å². The first-order chi connectivity index (χ1) is 7.61. The number of hydrogen-bond acceptors (Lipinski definition) is 4. The minimum Gasteiger partial charge on any atom is -0.495 e. The van der Waals surface area contributed by atoms with Crippen molar-refractivity contribution in [2.45, 2.75) is 11.3 Å². The van der Waals surface area contributed by atoms with Gasteiger partial charge in [-0.05, 0) is 18.6 Å². The van der Waals surface area contributed by atoms with E-state index in [2.05, 4.69) is 4.72 Å². The summed E-state index contributed by atoms with van der Waals surface area (Å²) < 4.78 is 31.0. The summed E-state index contributed by atoms with van der Waals surface area (Å²) in [5.41, 5.74) is 0. The van der Waals surface area contributed by atoms with Crippen LogP contribution in [0.15, 0.2) is 29.2 Å². The topological polar surface area (TPSA) is 75.6 Å². The van der Waals surface area contributed by atoms with Gasteiger partial charge in [-0.25, -0.2) is 13.1 Å². The summed E-state index contributed by atoms with van der Waals surface area (Å²) >= 11 is 0. The fourth-order valence-electron chi connectivity index (χ4n) is 1.20. The third-order valence-corrected chi connectivity index (χ3v) is 3.49. The van der Waals surface area contributed by atoms with Crippen molar-refractivity contribution in [1.29, 1.82) is 0 Å². The maximum absolute atomic E-state index is 11.8. The van der Waals surface area contributed by atoms with E-state index in [-0.39, 0.29) is 18.0 Å². The van der Waals surface area contributed by atoms with Crippen molar-refractivity contribution < 1.29 is 18.3 Å². The highest BCUT2D eigenvalue weighted by Crippen LogP contribution is 2.22. The smallest absolute Gasteiger partial charge is 0.244 e. The molecule has 0 aliphatic heterocycles. The van der Waals surface area contributed by atoms with Gasteiger partial charge >= 0.3 is 0 Å². The predicted octanol–water partition coefficient (Wildman–Crippen LogP) is 0.356. The molecule has 2 N–H and O–H groups in total. The van der Waals surface area contributed by atoms with E-state index in [9.17, 15) is 8.42 Å². The first kappa shape index (κ1) is 13.0. The normalized spacial score (nSPS) is 11.4. The van der Waals surface area contributed by atoms with Gasteiger partial charge in [0.25, 0.3) is 0 Å². The molecule has 1 aromatic rings. The molecule has 0 unspecified atom stereocenters. The van der Waals surface area contributed by atoms with Gasteiger partial charge in [0, 0.05) is 13.2 Å². The van der Waals surface area contributed by atoms with Crippen LogP contribution in [-0.4, -0.2) is 33.8 Å². The SMILES string of the molecule is COc1ccccc1S(=O)(=O)NCCCO. The maximum Gasteiger partial charge on any atom is 0.244 e. The molecule has 1 aromatic carbocycles. The maximum atomic E-state index is 11.8. The van der Waals surface area contributed by atoms with Crippen molar-refractivity contribution in [3.8, 4) is 5.75 Å². The minimum absolute atomic E-state index is 0.0472. The van der Waals surface area contributed by atoms with Crippen LogP contribution < -0.4 is 9.46 Å². The van der Waals surface area contributed by atoms with Crippen LogP contribution in [0.2, 0.25) is 0 Å². The highest BCUT2D eigenvalue weighted by atomic mass is 32.2. The van der Waals surface area contributed by atoms with E-state index in [0.717, 1.165) is 0 Å². The van der Waals surface area contributed by atoms with E-state index in [1.165, 1.54) is 13.2 Å². The van der Waals surface area contributed by atoms with E-state index in [1.54, 1.807) is 18.2 Å². The summed E-state index contributed by atoms with van der Waals surface area (Å²) in [6.07, 6.45) is 0.383. The number of methoxy groups -OCH3 is 1. The molecule has 6 heteroatoms. The number of sulfonamides is 1. The van der Waals surface area contributed by atoms with Crippen molar-refractivity contribution in [3.63, 3.8) is 0 Å². The number of para-hydroxylation sites is 1. The van der Waals surface area contributed by atoms with E-state index in [0.29, 0.717) is 12.2 Å². The summed E-state index contributed by atoms with van der Waals surface area (Å²) in [5.74, 6) is 0.305. The van der Waals surface area contributed by atoms with E-state index in [4.69, 9.17) is 9.84 Å². The van der Waals surface area contributed by atoms with Crippen molar-refractivity contribution in [2.24, 2.45) is 0 Å². The van der Waals surface area contributed by atoms with Crippen LogP contribution in [0, 0.1) is 0 Å². The highest BCUT2D eigenvalue weighted by Gasteiger charge is 2.17. The summed E-state index contributed by atoms with van der Waals surface area (Å²) in [7, 11) is -2.14. The van der Waals surface area contributed by atoms with E-state index in [1.807, 2.05) is 0 Å². The number of rotatable bonds is 6. The van der Waals surface area contributed by atoms with Crippen LogP contribution in [0.3, 0.4) is 0 Å². The number of aliphatic hydroxyl groups is 1. The highest BCUT2D eigenvalue weighted by molar-refractivity contribution is 7.89. The first-order valence-electron chi connectivity index (χ1n) is 4.85. The molecule has 0 heterocycles. The Bertz CT molecular complexity index is 430. The molecule has 0 aliphatic rings. The van der Waals surface area contributed by atoms with Crippen LogP contribution in [0.1, 0.15) is 6.42 Å². The van der Waals surface area contributed by atoms with Gasteiger partial charge in [0.15, 0.2) is 0 Å². The Hall–Kier alpha value is -1.11. The molecule has 0 saturated heterocycles. The Morgan fingerprint density at radius 2 is 2.06 bits per heavy atom. The van der Waals surface area contributed by atoms with Gasteiger partial charge in [0.05, 0.1) is 7.11 Å². The number of benzene rings is 1. The van der Waals surface area contributed by atoms with Crippen LogP contribution in [0.25, 0.3) is 0 Å². The Labute approximate surface area is 95.1 Å². The molecule has 0 saturated carbocycles. The average Bonchev–Trinajstić information content (AvgIpc) is 2.29. The molecule has 0 bridgehead atoms. The van der Waals surface area contributed by atoms with E-state index < -0.39 is 10.0 Å². The van der Waals surface area contributed by atoms with Gasteiger partial charge in [0.2, 0.25) is 10.0 Å². The zero-order chi connectivity index (χ0) is 12.0. The lowest BCUT2D eigenvalue weighted by atomic mass is 10.3. The largest absolute Gasteiger partial charge is 0.495 e. The van der Waals surface area contributed by atoms with Gasteiger partial charge in [-0.3, -0.25) is 0 Å². The quantitative estimate of drug-likeness (QED) is 0.709. The molecule has 90 valence electrons. The van der Waals surface area contributed by atoms with E-state index >= 15 is 0 Å². The summed E-state index contributed by atoms with van der Waals surface area (Å²) in [5, 5.41) is 8.57. The standard InChI is InChI=1S/C10H15NO4S/c1-15-9-5-2-3-6-10(9)16(13,14)11-7-4-8-12/h2-3,5-6,11-12H,4,7-8H2,1H3. The van der Waals surface area contributed by atoms with Crippen molar-refractivity contribution in [3.05, 3.63) is 24.3 Å². The summed E-state index contributed by atoms with van der Waals surface area (Å²) in [6.45, 7) is 0.158. The predicted molar refractivity (Wildman–Crippen MR) is 59.9 cm³/mol. The lowest BCUT2D eigenvalue weighted by Gasteiger charge is -2.09. The van der Waals surface area contributed by atoms with Gasteiger partial charge in [0.1, 0.15) is 10.6 Å². The average molecular weight is 245 g/mol. The molecule has 0 aromatic heterocycles. The molecule has 0 aliphatic carbocycles. The fraction of sp³-hybridized carbons (Fsp3) is 0.400. The monoisotopic (exact) mass is 245 g/mol.